The number of hydrogen-bond acceptors (Lipinski definition) is 11. The largest absolute Gasteiger partial charge is 0.419 e. The van der Waals surface area contributed by atoms with Crippen LogP contribution in [0, 0.1) is 18.3 Å². The van der Waals surface area contributed by atoms with Crippen LogP contribution in [0.4, 0.5) is 24.9 Å². The molecule has 2 saturated heterocycles. The fourth-order valence-electron chi connectivity index (χ4n) is 6.68. The molecule has 1 atom stereocenters. The van der Waals surface area contributed by atoms with E-state index in [2.05, 4.69) is 60.1 Å². The van der Waals surface area contributed by atoms with Crippen molar-refractivity contribution in [2.75, 3.05) is 69.8 Å². The van der Waals surface area contributed by atoms with E-state index in [0.29, 0.717) is 54.5 Å². The number of anilines is 2. The standard InChI is InChI=1S/C32H40F3N9O3S2/c1-20-21(4-5-26-24(20)16-23(18-36)44(26)15-12-41-10-13-43(14-11-41)49(3,46)47)19-42-8-6-22(7-9-42)38-29-25-17-27(28(45)32(33,34)35)48-30(25)40-31(37-2)39-29/h4-5,16-17,22,28,45H,6-15,19H2,1-3H3,(H2,37,38,39,40). The van der Waals surface area contributed by atoms with Crippen LogP contribution in [0.1, 0.15) is 40.6 Å². The van der Waals surface area contributed by atoms with E-state index in [1.165, 1.54) is 22.2 Å². The van der Waals surface area contributed by atoms with Crippen molar-refractivity contribution in [1.29, 1.82) is 5.26 Å². The molecule has 1 aromatic carbocycles. The number of aromatic nitrogens is 3. The summed E-state index contributed by atoms with van der Waals surface area (Å²) in [7, 11) is -1.54. The number of aryl methyl sites for hydroxylation is 1. The van der Waals surface area contributed by atoms with Crippen LogP contribution in [0.2, 0.25) is 0 Å². The van der Waals surface area contributed by atoms with Crippen LogP contribution in [-0.2, 0) is 23.1 Å². The van der Waals surface area contributed by atoms with Gasteiger partial charge in [0.2, 0.25) is 16.0 Å². The Bertz CT molecular complexity index is 1970. The number of nitrogens with zero attached hydrogens (tertiary/aromatic N) is 7. The average molecular weight is 720 g/mol. The summed E-state index contributed by atoms with van der Waals surface area (Å²) in [6, 6.07) is 9.89. The summed E-state index contributed by atoms with van der Waals surface area (Å²) in [6.07, 6.45) is -4.50. The average Bonchev–Trinajstić information content (AvgIpc) is 3.66. The van der Waals surface area contributed by atoms with E-state index in [4.69, 9.17) is 0 Å². The first-order chi connectivity index (χ1) is 23.2. The molecule has 0 amide bonds. The molecule has 0 aliphatic carbocycles. The Morgan fingerprint density at radius 2 is 1.78 bits per heavy atom. The minimum absolute atomic E-state index is 0.0556. The lowest BCUT2D eigenvalue weighted by atomic mass is 10.0. The minimum Gasteiger partial charge on any atom is -0.379 e. The third-order valence-electron chi connectivity index (χ3n) is 9.56. The van der Waals surface area contributed by atoms with Crippen LogP contribution in [0.5, 0.6) is 0 Å². The molecular formula is C32H40F3N9O3S2. The number of halogens is 3. The van der Waals surface area contributed by atoms with E-state index in [1.54, 1.807) is 7.05 Å². The number of nitriles is 1. The van der Waals surface area contributed by atoms with Gasteiger partial charge in [-0.3, -0.25) is 9.80 Å². The Morgan fingerprint density at radius 1 is 1.06 bits per heavy atom. The van der Waals surface area contributed by atoms with Gasteiger partial charge in [0.25, 0.3) is 0 Å². The van der Waals surface area contributed by atoms with Crippen LogP contribution >= 0.6 is 11.3 Å². The predicted molar refractivity (Wildman–Crippen MR) is 184 cm³/mol. The van der Waals surface area contributed by atoms with Gasteiger partial charge in [0.15, 0.2) is 6.10 Å². The molecule has 49 heavy (non-hydrogen) atoms. The number of fused-ring (bicyclic) bond motifs is 2. The quantitative estimate of drug-likeness (QED) is 0.219. The molecule has 0 radical (unpaired) electrons. The first-order valence-corrected chi connectivity index (χ1v) is 18.8. The van der Waals surface area contributed by atoms with Crippen molar-refractivity contribution in [3.63, 3.8) is 0 Å². The summed E-state index contributed by atoms with van der Waals surface area (Å²) in [5, 5.41) is 27.5. The van der Waals surface area contributed by atoms with E-state index in [-0.39, 0.29) is 16.9 Å². The summed E-state index contributed by atoms with van der Waals surface area (Å²) in [5.41, 5.74) is 3.92. The van der Waals surface area contributed by atoms with Gasteiger partial charge in [-0.1, -0.05) is 6.07 Å². The van der Waals surface area contributed by atoms with E-state index in [1.807, 2.05) is 6.07 Å². The molecule has 2 aliphatic rings. The zero-order valence-electron chi connectivity index (χ0n) is 27.6. The Labute approximate surface area is 287 Å². The fraction of sp³-hybridized carbons (Fsp3) is 0.531. The zero-order chi connectivity index (χ0) is 35.1. The highest BCUT2D eigenvalue weighted by molar-refractivity contribution is 7.88. The number of rotatable bonds is 10. The summed E-state index contributed by atoms with van der Waals surface area (Å²) in [6.45, 7) is 8.06. The lowest BCUT2D eigenvalue weighted by molar-refractivity contribution is -0.205. The van der Waals surface area contributed by atoms with Gasteiger partial charge in [-0.15, -0.1) is 11.3 Å². The van der Waals surface area contributed by atoms with Crippen molar-refractivity contribution >= 4 is 54.2 Å². The molecule has 4 aromatic rings. The van der Waals surface area contributed by atoms with E-state index < -0.39 is 22.3 Å². The molecule has 6 rings (SSSR count). The zero-order valence-corrected chi connectivity index (χ0v) is 29.2. The molecule has 5 heterocycles. The molecule has 17 heteroatoms. The SMILES string of the molecule is CNc1nc(NC2CCN(Cc3ccc4c(cc(C#N)n4CCN4CCN(S(C)(=O)=O)CC4)c3C)CC2)c2cc(C(O)C(F)(F)F)sc2n1. The Morgan fingerprint density at radius 3 is 2.41 bits per heavy atom. The highest BCUT2D eigenvalue weighted by Gasteiger charge is 2.41. The number of aliphatic hydroxyl groups is 1. The topological polar surface area (TPSA) is 143 Å². The molecule has 3 N–H and O–H groups in total. The Hall–Kier alpha value is -3.53. The maximum absolute atomic E-state index is 13.2. The number of piperidine rings is 1. The van der Waals surface area contributed by atoms with Crippen LogP contribution in [-0.4, -0.2) is 113 Å². The second-order valence-corrected chi connectivity index (χ2v) is 15.8. The van der Waals surface area contributed by atoms with Gasteiger partial charge in [0.1, 0.15) is 22.4 Å². The summed E-state index contributed by atoms with van der Waals surface area (Å²) in [4.78, 5) is 13.5. The highest BCUT2D eigenvalue weighted by atomic mass is 32.2. The molecule has 0 bridgehead atoms. The van der Waals surface area contributed by atoms with Crippen molar-refractivity contribution in [3.8, 4) is 6.07 Å². The Kier molecular flexibility index (Phi) is 10.1. The van der Waals surface area contributed by atoms with Crippen LogP contribution in [0.25, 0.3) is 21.1 Å². The first-order valence-electron chi connectivity index (χ1n) is 16.2. The third kappa shape index (κ3) is 7.64. The third-order valence-corrected chi connectivity index (χ3v) is 11.9. The molecular weight excluding hydrogens is 680 g/mol. The molecule has 2 fully saturated rings. The van der Waals surface area contributed by atoms with Crippen LogP contribution < -0.4 is 10.6 Å². The molecule has 0 saturated carbocycles. The first kappa shape index (κ1) is 35.3. The van der Waals surface area contributed by atoms with Gasteiger partial charge in [0.05, 0.1) is 11.6 Å². The number of thiophene rings is 1. The van der Waals surface area contributed by atoms with E-state index in [9.17, 15) is 32.0 Å². The minimum atomic E-state index is -4.77. The van der Waals surface area contributed by atoms with Gasteiger partial charge in [-0.05, 0) is 49.1 Å². The number of piperazine rings is 1. The van der Waals surface area contributed by atoms with Crippen molar-refractivity contribution < 1.29 is 26.7 Å². The number of likely N-dealkylation sites (tertiary alicyclic amines) is 1. The van der Waals surface area contributed by atoms with Crippen molar-refractivity contribution in [3.05, 3.63) is 46.0 Å². The van der Waals surface area contributed by atoms with E-state index in [0.717, 1.165) is 66.8 Å². The second kappa shape index (κ2) is 14.0. The monoisotopic (exact) mass is 719 g/mol. The van der Waals surface area contributed by atoms with Gasteiger partial charge >= 0.3 is 6.18 Å². The van der Waals surface area contributed by atoms with Gasteiger partial charge in [0, 0.05) is 87.8 Å². The highest BCUT2D eigenvalue weighted by Crippen LogP contribution is 2.40. The molecule has 1 unspecified atom stereocenters. The number of sulfonamides is 1. The van der Waals surface area contributed by atoms with Gasteiger partial charge in [-0.2, -0.15) is 27.7 Å². The molecule has 0 spiro atoms. The van der Waals surface area contributed by atoms with Crippen molar-refractivity contribution in [2.24, 2.45) is 0 Å². The van der Waals surface area contributed by atoms with Gasteiger partial charge < -0.3 is 20.3 Å². The number of aliphatic hydroxyl groups excluding tert-OH is 1. The summed E-state index contributed by atoms with van der Waals surface area (Å²) in [5.74, 6) is 0.731. The van der Waals surface area contributed by atoms with Crippen LogP contribution in [0.15, 0.2) is 24.3 Å². The maximum atomic E-state index is 13.2. The summed E-state index contributed by atoms with van der Waals surface area (Å²) < 4.78 is 66.9. The van der Waals surface area contributed by atoms with E-state index >= 15 is 0 Å². The normalized spacial score (nSPS) is 18.2. The maximum Gasteiger partial charge on any atom is 0.419 e. The predicted octanol–water partition coefficient (Wildman–Crippen LogP) is 4.12. The number of hydrogen-bond donors (Lipinski definition) is 3. The molecule has 264 valence electrons. The lowest BCUT2D eigenvalue weighted by Gasteiger charge is -2.33. The molecule has 3 aromatic heterocycles. The Balaban J connectivity index is 1.09. The molecule has 12 nitrogen and oxygen atoms in total. The molecule has 2 aliphatic heterocycles. The number of nitrogens with one attached hydrogen (secondary N) is 2. The number of alkyl halides is 3. The number of benzene rings is 1. The van der Waals surface area contributed by atoms with Crippen molar-refractivity contribution in [1.82, 2.24) is 28.6 Å². The lowest BCUT2D eigenvalue weighted by Crippen LogP contribution is -2.48. The van der Waals surface area contributed by atoms with Gasteiger partial charge in [-0.25, -0.2) is 13.4 Å². The van der Waals surface area contributed by atoms with Crippen LogP contribution in [0.3, 0.4) is 0 Å². The summed E-state index contributed by atoms with van der Waals surface area (Å²) >= 11 is 0.805. The second-order valence-electron chi connectivity index (χ2n) is 12.7. The fourth-order valence-corrected chi connectivity index (χ4v) is 8.55. The van der Waals surface area contributed by atoms with Crippen molar-refractivity contribution in [2.45, 2.75) is 51.2 Å². The smallest absolute Gasteiger partial charge is 0.379 e.